The van der Waals surface area contributed by atoms with Crippen molar-refractivity contribution in [2.24, 2.45) is 0 Å². The van der Waals surface area contributed by atoms with E-state index in [0.29, 0.717) is 17.9 Å². The lowest BCUT2D eigenvalue weighted by Crippen LogP contribution is -2.45. The molecule has 0 amide bonds. The average molecular weight is 398 g/mol. The fourth-order valence-corrected chi connectivity index (χ4v) is 4.83. The number of ether oxygens (including phenoxy) is 4. The van der Waals surface area contributed by atoms with E-state index >= 15 is 0 Å². The summed E-state index contributed by atoms with van der Waals surface area (Å²) in [5, 5.41) is 0. The van der Waals surface area contributed by atoms with E-state index in [1.165, 1.54) is 0 Å². The van der Waals surface area contributed by atoms with Crippen molar-refractivity contribution in [1.82, 2.24) is 0 Å². The summed E-state index contributed by atoms with van der Waals surface area (Å²) in [5.74, 6) is -0.509. The van der Waals surface area contributed by atoms with E-state index in [1.807, 2.05) is 36.4 Å². The maximum Gasteiger partial charge on any atom is 0.247 e. The minimum atomic E-state index is -1.07. The Morgan fingerprint density at radius 1 is 1.21 bits per heavy atom. The molecule has 2 saturated heterocycles. The van der Waals surface area contributed by atoms with Gasteiger partial charge in [-0.1, -0.05) is 31.2 Å². The van der Waals surface area contributed by atoms with Crippen LogP contribution in [0.5, 0.6) is 0 Å². The second kappa shape index (κ2) is 7.06. The monoisotopic (exact) mass is 398 g/mol. The van der Waals surface area contributed by atoms with Crippen LogP contribution in [-0.2, 0) is 18.9 Å². The number of morpholine rings is 1. The lowest BCUT2D eigenvalue weighted by atomic mass is 9.88. The number of carbonyl (C=O) groups excluding carboxylic acids is 1. The van der Waals surface area contributed by atoms with E-state index in [0.717, 1.165) is 54.9 Å². The molecule has 0 N–H and O–H groups in total. The highest BCUT2D eigenvalue weighted by Gasteiger charge is 2.60. The number of methoxy groups -OCH3 is 1. The van der Waals surface area contributed by atoms with Gasteiger partial charge in [0.15, 0.2) is 12.3 Å². The lowest BCUT2D eigenvalue weighted by Gasteiger charge is -2.34. The maximum absolute atomic E-state index is 13.2. The van der Waals surface area contributed by atoms with Crippen molar-refractivity contribution in [2.75, 3.05) is 46.6 Å². The van der Waals surface area contributed by atoms with Crippen LogP contribution in [0.1, 0.15) is 35.2 Å². The molecule has 29 heavy (non-hydrogen) atoms. The van der Waals surface area contributed by atoms with Crippen LogP contribution in [0, 0.1) is 0 Å². The molecule has 0 aromatic heterocycles. The number of benzene rings is 1. The second-order valence-electron chi connectivity index (χ2n) is 8.30. The third-order valence-corrected chi connectivity index (χ3v) is 6.52. The highest BCUT2D eigenvalue weighted by atomic mass is 16.7. The van der Waals surface area contributed by atoms with E-state index in [9.17, 15) is 4.79 Å². The molecule has 1 aromatic carbocycles. The van der Waals surface area contributed by atoms with Gasteiger partial charge in [-0.2, -0.15) is 0 Å². The predicted molar refractivity (Wildman–Crippen MR) is 106 cm³/mol. The molecule has 1 aromatic rings. The normalized spacial score (nSPS) is 31.7. The largest absolute Gasteiger partial charge is 0.500 e. The summed E-state index contributed by atoms with van der Waals surface area (Å²) in [6.45, 7) is 7.00. The van der Waals surface area contributed by atoms with Crippen LogP contribution in [-0.4, -0.2) is 68.8 Å². The van der Waals surface area contributed by atoms with Crippen LogP contribution in [0.2, 0.25) is 0 Å². The Balaban J connectivity index is 1.51. The molecule has 2 aliphatic heterocycles. The fraction of sp³-hybridized carbons (Fsp3) is 0.522. The van der Waals surface area contributed by atoms with Gasteiger partial charge in [0.05, 0.1) is 32.8 Å². The van der Waals surface area contributed by atoms with Crippen molar-refractivity contribution in [3.05, 3.63) is 58.9 Å². The van der Waals surface area contributed by atoms with Gasteiger partial charge in [-0.25, -0.2) is 0 Å². The maximum atomic E-state index is 13.2. The molecule has 3 unspecified atom stereocenters. The summed E-state index contributed by atoms with van der Waals surface area (Å²) in [4.78, 5) is 13.2. The van der Waals surface area contributed by atoms with Crippen molar-refractivity contribution in [1.29, 1.82) is 0 Å². The topological polar surface area (TPSA) is 54.0 Å². The van der Waals surface area contributed by atoms with Gasteiger partial charge in [-0.3, -0.25) is 14.0 Å². The molecule has 3 atom stereocenters. The van der Waals surface area contributed by atoms with E-state index in [1.54, 1.807) is 7.11 Å². The molecule has 0 bridgehead atoms. The molecule has 2 fully saturated rings. The zero-order valence-corrected chi connectivity index (χ0v) is 17.1. The van der Waals surface area contributed by atoms with Gasteiger partial charge >= 0.3 is 0 Å². The average Bonchev–Trinajstić information content (AvgIpc) is 3.31. The van der Waals surface area contributed by atoms with Crippen LogP contribution in [0.4, 0.5) is 0 Å². The van der Waals surface area contributed by atoms with Crippen molar-refractivity contribution in [3.63, 3.8) is 0 Å². The van der Waals surface area contributed by atoms with E-state index < -0.39 is 5.79 Å². The smallest absolute Gasteiger partial charge is 0.247 e. The van der Waals surface area contributed by atoms with Crippen molar-refractivity contribution < 1.29 is 28.2 Å². The number of nitrogens with zero attached hydrogens (tertiary/aromatic N) is 1. The zero-order chi connectivity index (χ0) is 20.1. The highest BCUT2D eigenvalue weighted by Crippen LogP contribution is 2.49. The first kappa shape index (κ1) is 19.0. The summed E-state index contributed by atoms with van der Waals surface area (Å²) in [5.41, 5.74) is 2.42. The number of allylic oxidation sites excluding steroid dienone is 1. The molecular weight excluding hydrogens is 370 g/mol. The summed E-state index contributed by atoms with van der Waals surface area (Å²) >= 11 is 0. The minimum Gasteiger partial charge on any atom is -0.500 e. The lowest BCUT2D eigenvalue weighted by molar-refractivity contribution is -0.839. The zero-order valence-electron chi connectivity index (χ0n) is 17.1. The van der Waals surface area contributed by atoms with Gasteiger partial charge in [0.25, 0.3) is 0 Å². The molecule has 1 spiro atoms. The number of rotatable bonds is 6. The van der Waals surface area contributed by atoms with Crippen molar-refractivity contribution in [2.45, 2.75) is 31.3 Å². The Morgan fingerprint density at radius 3 is 2.76 bits per heavy atom. The van der Waals surface area contributed by atoms with Gasteiger partial charge in [0.1, 0.15) is 18.8 Å². The molecule has 0 radical (unpaired) electrons. The Morgan fingerprint density at radius 2 is 2.00 bits per heavy atom. The molecule has 2 aliphatic carbocycles. The van der Waals surface area contributed by atoms with Crippen LogP contribution >= 0.6 is 0 Å². The summed E-state index contributed by atoms with van der Waals surface area (Å²) in [6, 6.07) is 7.75. The summed E-state index contributed by atoms with van der Waals surface area (Å²) in [7, 11) is 1.65. The van der Waals surface area contributed by atoms with Gasteiger partial charge < -0.3 is 14.2 Å². The molecule has 5 rings (SSSR count). The first-order valence-corrected chi connectivity index (χ1v) is 10.5. The Labute approximate surface area is 171 Å². The Bertz CT molecular complexity index is 885. The molecule has 6 heteroatoms. The van der Waals surface area contributed by atoms with E-state index in [2.05, 4.69) is 6.92 Å². The standard InChI is InChI=1S/C23H28NO5/c1-3-10-28-23(29-20-15-24(20)8-11-27-12-9-24)13-18-21(19(14-23)26-2)16-6-4-5-7-17(16)22(18)25/h4-7,13-14,20-21H,3,8-12,15H2,1-2H3/q+1. The first-order chi connectivity index (χ1) is 14.1. The molecule has 2 heterocycles. The number of hydrogen-bond acceptors (Lipinski definition) is 5. The Kier molecular flexibility index (Phi) is 4.62. The second-order valence-corrected chi connectivity index (χ2v) is 8.30. The number of carbonyl (C=O) groups is 1. The number of hydrogen-bond donors (Lipinski definition) is 0. The predicted octanol–water partition coefficient (Wildman–Crippen LogP) is 2.76. The van der Waals surface area contributed by atoms with Gasteiger partial charge in [0, 0.05) is 17.2 Å². The molecule has 6 nitrogen and oxygen atoms in total. The summed E-state index contributed by atoms with van der Waals surface area (Å²) in [6.07, 6.45) is 4.74. The number of fused-ring (bicyclic) bond motifs is 3. The summed E-state index contributed by atoms with van der Waals surface area (Å²) < 4.78 is 25.0. The third-order valence-electron chi connectivity index (χ3n) is 6.52. The van der Waals surface area contributed by atoms with Gasteiger partial charge in [-0.05, 0) is 18.1 Å². The van der Waals surface area contributed by atoms with Crippen molar-refractivity contribution in [3.8, 4) is 0 Å². The highest BCUT2D eigenvalue weighted by molar-refractivity contribution is 6.15. The fourth-order valence-electron chi connectivity index (χ4n) is 4.83. The van der Waals surface area contributed by atoms with Crippen LogP contribution in [0.15, 0.2) is 47.7 Å². The van der Waals surface area contributed by atoms with Gasteiger partial charge in [0.2, 0.25) is 12.0 Å². The quantitative estimate of drug-likeness (QED) is 0.419. The molecular formula is C23H28NO5+. The SMILES string of the molecule is CCCOC1(OC2C[N+]23CCOCC3)C=C(OC)C2C(=C1)C(=O)c1ccccc12. The number of ketones is 1. The molecule has 0 saturated carbocycles. The minimum absolute atomic E-state index is 0.0346. The van der Waals surface area contributed by atoms with Crippen LogP contribution in [0.3, 0.4) is 0 Å². The molecule has 154 valence electrons. The van der Waals surface area contributed by atoms with Crippen LogP contribution < -0.4 is 0 Å². The van der Waals surface area contributed by atoms with E-state index in [4.69, 9.17) is 18.9 Å². The first-order valence-electron chi connectivity index (χ1n) is 10.5. The Hall–Kier alpha value is -1.99. The molecule has 4 aliphatic rings. The number of quaternary nitrogens is 1. The van der Waals surface area contributed by atoms with Gasteiger partial charge in [-0.15, -0.1) is 0 Å². The number of Topliss-reactive ketones (excluding diaryl/α,β-unsaturated/α-hetero) is 1. The van der Waals surface area contributed by atoms with E-state index in [-0.39, 0.29) is 17.9 Å². The third kappa shape index (κ3) is 3.06. The van der Waals surface area contributed by atoms with Crippen LogP contribution in [0.25, 0.3) is 0 Å². The van der Waals surface area contributed by atoms with Crippen molar-refractivity contribution >= 4 is 5.78 Å².